The van der Waals surface area contributed by atoms with Gasteiger partial charge in [0, 0.05) is 6.04 Å². The Morgan fingerprint density at radius 2 is 2.00 bits per heavy atom. The van der Waals surface area contributed by atoms with E-state index in [0.717, 1.165) is 25.9 Å². The summed E-state index contributed by atoms with van der Waals surface area (Å²) < 4.78 is 0. The van der Waals surface area contributed by atoms with Gasteiger partial charge in [-0.05, 0) is 25.9 Å². The van der Waals surface area contributed by atoms with Crippen LogP contribution in [-0.2, 0) is 0 Å². The number of rotatable bonds is 1. The van der Waals surface area contributed by atoms with Crippen molar-refractivity contribution in [3.05, 3.63) is 0 Å². The minimum atomic E-state index is 0.330. The largest absolute Gasteiger partial charge is 0.317 e. The maximum absolute atomic E-state index is 8.41. The highest BCUT2D eigenvalue weighted by Gasteiger charge is 2.09. The Kier molecular flexibility index (Phi) is 2.27. The third kappa shape index (κ3) is 1.43. The molecule has 0 aromatic heterocycles. The molecule has 1 saturated heterocycles. The van der Waals surface area contributed by atoms with Gasteiger partial charge in [-0.3, -0.25) is 0 Å². The maximum Gasteiger partial charge on any atom is 0.0343 e. The van der Waals surface area contributed by atoms with Crippen molar-refractivity contribution in [2.24, 2.45) is 0 Å². The molecule has 0 aromatic carbocycles. The van der Waals surface area contributed by atoms with Gasteiger partial charge in [0.2, 0.25) is 0 Å². The molecule has 1 fully saturated rings. The second-order valence-electron chi connectivity index (χ2n) is 2.15. The quantitative estimate of drug-likeness (QED) is 0.413. The highest BCUT2D eigenvalue weighted by atomic mass is 16.5. The molecular weight excluding hydrogens is 104 g/mol. The number of hydrogen-bond acceptors (Lipinski definition) is 3. The van der Waals surface area contributed by atoms with Gasteiger partial charge in [-0.1, -0.05) is 0 Å². The monoisotopic (exact) mass is 116 g/mol. The first kappa shape index (κ1) is 6.01. The van der Waals surface area contributed by atoms with E-state index in [9.17, 15) is 0 Å². The highest BCUT2D eigenvalue weighted by molar-refractivity contribution is 4.70. The first-order valence-corrected chi connectivity index (χ1v) is 3.04. The van der Waals surface area contributed by atoms with Gasteiger partial charge in [0.1, 0.15) is 0 Å². The van der Waals surface area contributed by atoms with Crippen LogP contribution in [0.3, 0.4) is 0 Å². The van der Waals surface area contributed by atoms with Gasteiger partial charge in [-0.15, -0.1) is 0 Å². The lowest BCUT2D eigenvalue weighted by Gasteiger charge is -2.20. The molecule has 3 heteroatoms. The predicted molar refractivity (Wildman–Crippen MR) is 30.8 cm³/mol. The predicted octanol–water partition coefficient (Wildman–Crippen LogP) is -0.283. The molecule has 0 unspecified atom stereocenters. The summed E-state index contributed by atoms with van der Waals surface area (Å²) in [5.41, 5.74) is 2.26. The summed E-state index contributed by atoms with van der Waals surface area (Å²) in [5, 5.41) is 11.6. The van der Waals surface area contributed by atoms with Gasteiger partial charge >= 0.3 is 0 Å². The van der Waals surface area contributed by atoms with E-state index in [2.05, 4.69) is 10.8 Å². The summed E-state index contributed by atoms with van der Waals surface area (Å²) in [5.74, 6) is 0. The molecule has 0 radical (unpaired) electrons. The molecule has 8 heavy (non-hydrogen) atoms. The zero-order valence-electron chi connectivity index (χ0n) is 4.85. The van der Waals surface area contributed by atoms with Gasteiger partial charge in [0.15, 0.2) is 0 Å². The average molecular weight is 116 g/mol. The Labute approximate surface area is 49.0 Å². The minimum absolute atomic E-state index is 0.330. The number of hydroxylamine groups is 1. The molecule has 0 aliphatic carbocycles. The topological polar surface area (TPSA) is 44.3 Å². The lowest BCUT2D eigenvalue weighted by atomic mass is 10.1. The second kappa shape index (κ2) is 3.02. The fourth-order valence-electron chi connectivity index (χ4n) is 0.951. The molecule has 3 N–H and O–H groups in total. The Balaban J connectivity index is 2.13. The van der Waals surface area contributed by atoms with Crippen molar-refractivity contribution in [3.63, 3.8) is 0 Å². The molecular formula is C5H12N2O. The van der Waals surface area contributed by atoms with Gasteiger partial charge in [0.05, 0.1) is 0 Å². The van der Waals surface area contributed by atoms with Crippen LogP contribution in [0.15, 0.2) is 0 Å². The zero-order valence-corrected chi connectivity index (χ0v) is 4.85. The summed E-state index contributed by atoms with van der Waals surface area (Å²) in [6.07, 6.45) is 2.08. The van der Waals surface area contributed by atoms with Crippen LogP contribution >= 0.6 is 0 Å². The average Bonchev–Trinajstić information content (AvgIpc) is 1.90. The fourth-order valence-corrected chi connectivity index (χ4v) is 0.951. The van der Waals surface area contributed by atoms with E-state index in [0.29, 0.717) is 6.04 Å². The summed E-state index contributed by atoms with van der Waals surface area (Å²) >= 11 is 0. The molecule has 0 bridgehead atoms. The molecule has 0 spiro atoms. The van der Waals surface area contributed by atoms with Gasteiger partial charge in [0.25, 0.3) is 0 Å². The summed E-state index contributed by atoms with van der Waals surface area (Å²) in [6.45, 7) is 2.05. The second-order valence-corrected chi connectivity index (χ2v) is 2.15. The van der Waals surface area contributed by atoms with Crippen molar-refractivity contribution in [2.45, 2.75) is 18.9 Å². The number of piperidine rings is 1. The summed E-state index contributed by atoms with van der Waals surface area (Å²) in [4.78, 5) is 0. The molecule has 1 heterocycles. The van der Waals surface area contributed by atoms with Crippen LogP contribution in [0.1, 0.15) is 12.8 Å². The van der Waals surface area contributed by atoms with E-state index in [1.54, 1.807) is 0 Å². The Morgan fingerprint density at radius 3 is 2.38 bits per heavy atom. The first-order chi connectivity index (χ1) is 3.93. The van der Waals surface area contributed by atoms with Gasteiger partial charge < -0.3 is 10.5 Å². The molecule has 1 aliphatic rings. The number of nitrogens with one attached hydrogen (secondary N) is 2. The number of hydrogen-bond donors (Lipinski definition) is 3. The molecule has 0 amide bonds. The van der Waals surface area contributed by atoms with Crippen LogP contribution in [0.4, 0.5) is 0 Å². The van der Waals surface area contributed by atoms with E-state index in [1.807, 2.05) is 0 Å². The van der Waals surface area contributed by atoms with E-state index in [1.165, 1.54) is 0 Å². The van der Waals surface area contributed by atoms with Crippen molar-refractivity contribution in [3.8, 4) is 0 Å². The molecule has 0 atom stereocenters. The molecule has 0 aromatic rings. The Hall–Kier alpha value is -0.120. The maximum atomic E-state index is 8.41. The van der Waals surface area contributed by atoms with Crippen LogP contribution in [0.25, 0.3) is 0 Å². The smallest absolute Gasteiger partial charge is 0.0343 e. The van der Waals surface area contributed by atoms with Crippen LogP contribution in [0.2, 0.25) is 0 Å². The van der Waals surface area contributed by atoms with Crippen LogP contribution < -0.4 is 10.8 Å². The zero-order chi connectivity index (χ0) is 5.82. The van der Waals surface area contributed by atoms with Crippen molar-refractivity contribution in [2.75, 3.05) is 13.1 Å². The normalized spacial score (nSPS) is 23.6. The fraction of sp³-hybridized carbons (Fsp3) is 1.00. The van der Waals surface area contributed by atoms with Gasteiger partial charge in [-0.25, -0.2) is 5.48 Å². The third-order valence-corrected chi connectivity index (χ3v) is 1.52. The summed E-state index contributed by atoms with van der Waals surface area (Å²) in [6, 6.07) is 0.330. The van der Waals surface area contributed by atoms with Gasteiger partial charge in [-0.2, -0.15) is 0 Å². The van der Waals surface area contributed by atoms with Crippen molar-refractivity contribution in [1.82, 2.24) is 10.8 Å². The van der Waals surface area contributed by atoms with Crippen LogP contribution in [0.5, 0.6) is 0 Å². The summed E-state index contributed by atoms with van der Waals surface area (Å²) in [7, 11) is 0. The van der Waals surface area contributed by atoms with Crippen molar-refractivity contribution < 1.29 is 5.21 Å². The van der Waals surface area contributed by atoms with E-state index < -0.39 is 0 Å². The van der Waals surface area contributed by atoms with E-state index >= 15 is 0 Å². The highest BCUT2D eigenvalue weighted by Crippen LogP contribution is 1.99. The van der Waals surface area contributed by atoms with E-state index in [4.69, 9.17) is 5.21 Å². The molecule has 48 valence electrons. The minimum Gasteiger partial charge on any atom is -0.317 e. The molecule has 1 aliphatic heterocycles. The molecule has 1 rings (SSSR count). The Bertz CT molecular complexity index is 61.4. The standard InChI is InChI=1S/C5H12N2O/c8-7-5-1-3-6-4-2-5/h5-8H,1-4H2. The van der Waals surface area contributed by atoms with Crippen LogP contribution in [0, 0.1) is 0 Å². The van der Waals surface area contributed by atoms with Crippen molar-refractivity contribution in [1.29, 1.82) is 0 Å². The SMILES string of the molecule is ONC1CCNCC1. The Morgan fingerprint density at radius 1 is 1.38 bits per heavy atom. The van der Waals surface area contributed by atoms with Crippen molar-refractivity contribution >= 4 is 0 Å². The van der Waals surface area contributed by atoms with Crippen LogP contribution in [-0.4, -0.2) is 24.3 Å². The lowest BCUT2D eigenvalue weighted by Crippen LogP contribution is -2.38. The lowest BCUT2D eigenvalue weighted by molar-refractivity contribution is 0.110. The molecule has 0 saturated carbocycles. The first-order valence-electron chi connectivity index (χ1n) is 3.04. The molecule has 3 nitrogen and oxygen atoms in total. The third-order valence-electron chi connectivity index (χ3n) is 1.52. The van der Waals surface area contributed by atoms with E-state index in [-0.39, 0.29) is 0 Å².